The molecule has 29 heavy (non-hydrogen) atoms. The quantitative estimate of drug-likeness (QED) is 0.426. The predicted molar refractivity (Wildman–Crippen MR) is 104 cm³/mol. The number of hydrogen-bond acceptors (Lipinski definition) is 6. The minimum atomic E-state index is -1.07. The van der Waals surface area contributed by atoms with Crippen LogP contribution in [0.4, 0.5) is 5.69 Å². The third-order valence-corrected chi connectivity index (χ3v) is 5.06. The number of ether oxygens (including phenoxy) is 2. The van der Waals surface area contributed by atoms with Gasteiger partial charge < -0.3 is 14.8 Å². The molecule has 1 aliphatic carbocycles. The van der Waals surface area contributed by atoms with Gasteiger partial charge >= 0.3 is 5.97 Å². The molecule has 0 radical (unpaired) electrons. The van der Waals surface area contributed by atoms with E-state index in [-0.39, 0.29) is 11.8 Å². The van der Waals surface area contributed by atoms with Crippen molar-refractivity contribution in [1.82, 2.24) is 4.90 Å². The largest absolute Gasteiger partial charge is 0.494 e. The highest BCUT2D eigenvalue weighted by Gasteiger charge is 2.50. The second-order valence-corrected chi connectivity index (χ2v) is 6.99. The lowest BCUT2D eigenvalue weighted by Gasteiger charge is -2.21. The predicted octanol–water partition coefficient (Wildman–Crippen LogP) is 1.91. The molecule has 2 aliphatic rings. The zero-order chi connectivity index (χ0) is 21.0. The molecule has 1 aromatic rings. The van der Waals surface area contributed by atoms with Crippen LogP contribution in [0.2, 0.25) is 0 Å². The normalized spacial score (nSPS) is 21.5. The summed E-state index contributed by atoms with van der Waals surface area (Å²) < 4.78 is 10.4. The van der Waals surface area contributed by atoms with Crippen LogP contribution in [0.5, 0.6) is 5.75 Å². The molecule has 1 saturated heterocycles. The number of fused-ring (bicyclic) bond motifs is 1. The number of nitrogens with zero attached hydrogens (tertiary/aromatic N) is 1. The standard InChI is InChI=1S/C21H24N2O6/c1-3-28-15-10-8-14(9-11-15)22-18(24)12-29-21(27)13(2)23-19(25)16-6-4-5-7-17(16)20(23)26/h4-5,8-11,13,16-17H,3,6-7,12H2,1-2H3,(H,22,24)/t13-,16-,17+/m0/s1. The van der Waals surface area contributed by atoms with Gasteiger partial charge in [-0.1, -0.05) is 12.2 Å². The van der Waals surface area contributed by atoms with Gasteiger partial charge in [0.15, 0.2) is 6.61 Å². The Hall–Kier alpha value is -3.16. The Morgan fingerprint density at radius 1 is 1.10 bits per heavy atom. The van der Waals surface area contributed by atoms with E-state index in [4.69, 9.17) is 9.47 Å². The lowest BCUT2D eigenvalue weighted by Crippen LogP contribution is -2.45. The maximum absolute atomic E-state index is 12.5. The van der Waals surface area contributed by atoms with Crippen molar-refractivity contribution in [1.29, 1.82) is 0 Å². The SMILES string of the molecule is CCOc1ccc(NC(=O)COC(=O)[C@H](C)N2C(=O)[C@H]3CC=CC[C@H]3C2=O)cc1. The number of esters is 1. The van der Waals surface area contributed by atoms with Gasteiger partial charge in [0.25, 0.3) is 5.91 Å². The Balaban J connectivity index is 1.51. The number of anilines is 1. The van der Waals surface area contributed by atoms with E-state index in [1.165, 1.54) is 6.92 Å². The van der Waals surface area contributed by atoms with Crippen molar-refractivity contribution in [3.63, 3.8) is 0 Å². The van der Waals surface area contributed by atoms with Crippen LogP contribution in [0.3, 0.4) is 0 Å². The molecule has 3 rings (SSSR count). The number of allylic oxidation sites excluding steroid dienone is 2. The van der Waals surface area contributed by atoms with Crippen molar-refractivity contribution in [2.45, 2.75) is 32.7 Å². The number of rotatable bonds is 7. The summed E-state index contributed by atoms with van der Waals surface area (Å²) in [5, 5.41) is 2.61. The summed E-state index contributed by atoms with van der Waals surface area (Å²) in [6.45, 7) is 3.34. The molecule has 3 atom stereocenters. The molecule has 0 unspecified atom stereocenters. The number of carbonyl (C=O) groups is 4. The highest BCUT2D eigenvalue weighted by molar-refractivity contribution is 6.08. The molecule has 0 spiro atoms. The van der Waals surface area contributed by atoms with E-state index < -0.39 is 36.4 Å². The maximum Gasteiger partial charge on any atom is 0.329 e. The summed E-state index contributed by atoms with van der Waals surface area (Å²) in [7, 11) is 0. The summed E-state index contributed by atoms with van der Waals surface area (Å²) in [5.74, 6) is -2.16. The monoisotopic (exact) mass is 400 g/mol. The molecule has 0 bridgehead atoms. The first-order valence-corrected chi connectivity index (χ1v) is 9.63. The second-order valence-electron chi connectivity index (χ2n) is 6.99. The number of hydrogen-bond donors (Lipinski definition) is 1. The number of imide groups is 1. The van der Waals surface area contributed by atoms with E-state index in [1.54, 1.807) is 24.3 Å². The second kappa shape index (κ2) is 8.89. The fourth-order valence-electron chi connectivity index (χ4n) is 3.57. The first kappa shape index (κ1) is 20.6. The average Bonchev–Trinajstić information content (AvgIpc) is 2.98. The zero-order valence-electron chi connectivity index (χ0n) is 16.4. The molecular weight excluding hydrogens is 376 g/mol. The Labute approximate surface area is 168 Å². The van der Waals surface area contributed by atoms with Crippen LogP contribution >= 0.6 is 0 Å². The molecule has 1 aromatic carbocycles. The number of carbonyl (C=O) groups excluding carboxylic acids is 4. The van der Waals surface area contributed by atoms with Gasteiger partial charge in [-0.3, -0.25) is 19.3 Å². The van der Waals surface area contributed by atoms with E-state index >= 15 is 0 Å². The summed E-state index contributed by atoms with van der Waals surface area (Å²) in [4.78, 5) is 50.4. The Morgan fingerprint density at radius 3 is 2.24 bits per heavy atom. The van der Waals surface area contributed by atoms with Gasteiger partial charge in [-0.05, 0) is 51.0 Å². The van der Waals surface area contributed by atoms with Crippen LogP contribution in [0.25, 0.3) is 0 Å². The van der Waals surface area contributed by atoms with E-state index in [9.17, 15) is 19.2 Å². The molecule has 8 heteroatoms. The third-order valence-electron chi connectivity index (χ3n) is 5.06. The summed E-state index contributed by atoms with van der Waals surface area (Å²) in [5.41, 5.74) is 0.532. The Morgan fingerprint density at radius 2 is 1.69 bits per heavy atom. The number of amides is 3. The van der Waals surface area contributed by atoms with Crippen LogP contribution in [0.15, 0.2) is 36.4 Å². The van der Waals surface area contributed by atoms with E-state index in [2.05, 4.69) is 5.32 Å². The Bertz CT molecular complexity index is 806. The van der Waals surface area contributed by atoms with E-state index in [0.717, 1.165) is 4.90 Å². The van der Waals surface area contributed by atoms with Crippen LogP contribution < -0.4 is 10.1 Å². The number of benzene rings is 1. The molecule has 1 fully saturated rings. The van der Waals surface area contributed by atoms with Crippen LogP contribution in [-0.4, -0.2) is 47.8 Å². The molecule has 8 nitrogen and oxygen atoms in total. The van der Waals surface area contributed by atoms with E-state index in [0.29, 0.717) is 30.9 Å². The van der Waals surface area contributed by atoms with Gasteiger partial charge in [-0.25, -0.2) is 4.79 Å². The topological polar surface area (TPSA) is 102 Å². The number of likely N-dealkylation sites (tertiary alicyclic amines) is 1. The fourth-order valence-corrected chi connectivity index (χ4v) is 3.57. The van der Waals surface area contributed by atoms with Crippen molar-refractivity contribution in [2.75, 3.05) is 18.5 Å². The first-order valence-electron chi connectivity index (χ1n) is 9.63. The van der Waals surface area contributed by atoms with Crippen molar-refractivity contribution in [3.8, 4) is 5.75 Å². The molecular formula is C21H24N2O6. The van der Waals surface area contributed by atoms with Crippen molar-refractivity contribution >= 4 is 29.4 Å². The third kappa shape index (κ3) is 4.47. The molecule has 154 valence electrons. The smallest absolute Gasteiger partial charge is 0.329 e. The van der Waals surface area contributed by atoms with Gasteiger partial charge in [-0.2, -0.15) is 0 Å². The molecule has 3 amide bonds. The fraction of sp³-hybridized carbons (Fsp3) is 0.429. The van der Waals surface area contributed by atoms with Gasteiger partial charge in [0.05, 0.1) is 18.4 Å². The molecule has 1 N–H and O–H groups in total. The van der Waals surface area contributed by atoms with Crippen LogP contribution in [0, 0.1) is 11.8 Å². The first-order chi connectivity index (χ1) is 13.9. The molecule has 0 aromatic heterocycles. The van der Waals surface area contributed by atoms with Crippen LogP contribution in [0.1, 0.15) is 26.7 Å². The lowest BCUT2D eigenvalue weighted by atomic mass is 9.85. The number of nitrogens with one attached hydrogen (secondary N) is 1. The minimum absolute atomic E-state index is 0.354. The molecule has 0 saturated carbocycles. The molecule has 1 aliphatic heterocycles. The zero-order valence-corrected chi connectivity index (χ0v) is 16.4. The van der Waals surface area contributed by atoms with Crippen molar-refractivity contribution < 1.29 is 28.7 Å². The van der Waals surface area contributed by atoms with Gasteiger partial charge in [0, 0.05) is 5.69 Å². The Kier molecular flexibility index (Phi) is 6.31. The molecule has 1 heterocycles. The highest BCUT2D eigenvalue weighted by Crippen LogP contribution is 2.36. The minimum Gasteiger partial charge on any atom is -0.494 e. The maximum atomic E-state index is 12.5. The van der Waals surface area contributed by atoms with Crippen molar-refractivity contribution in [2.24, 2.45) is 11.8 Å². The van der Waals surface area contributed by atoms with Gasteiger partial charge in [0.2, 0.25) is 11.8 Å². The summed E-state index contributed by atoms with van der Waals surface area (Å²) >= 11 is 0. The van der Waals surface area contributed by atoms with E-state index in [1.807, 2.05) is 19.1 Å². The van der Waals surface area contributed by atoms with Crippen molar-refractivity contribution in [3.05, 3.63) is 36.4 Å². The highest BCUT2D eigenvalue weighted by atomic mass is 16.5. The average molecular weight is 400 g/mol. The van der Waals surface area contributed by atoms with Crippen LogP contribution in [-0.2, 0) is 23.9 Å². The lowest BCUT2D eigenvalue weighted by molar-refractivity contribution is -0.159. The van der Waals surface area contributed by atoms with Gasteiger partial charge in [0.1, 0.15) is 11.8 Å². The summed E-state index contributed by atoms with van der Waals surface area (Å²) in [6, 6.07) is 5.70. The summed E-state index contributed by atoms with van der Waals surface area (Å²) in [6.07, 6.45) is 4.75. The van der Waals surface area contributed by atoms with Gasteiger partial charge in [-0.15, -0.1) is 0 Å².